The van der Waals surface area contributed by atoms with Crippen molar-refractivity contribution >= 4 is 16.9 Å². The van der Waals surface area contributed by atoms with Gasteiger partial charge in [-0.05, 0) is 24.5 Å². The molecule has 2 fully saturated rings. The van der Waals surface area contributed by atoms with Gasteiger partial charge in [-0.1, -0.05) is 6.58 Å². The van der Waals surface area contributed by atoms with E-state index in [9.17, 15) is 10.2 Å². The summed E-state index contributed by atoms with van der Waals surface area (Å²) < 4.78 is 7.55. The zero-order valence-electron chi connectivity index (χ0n) is 11.3. The minimum absolute atomic E-state index is 0.370. The van der Waals surface area contributed by atoms with Crippen LogP contribution in [0.4, 0.5) is 5.82 Å². The maximum atomic E-state index is 10.7. The highest BCUT2D eigenvalue weighted by molar-refractivity contribution is 5.86. The second-order valence-corrected chi connectivity index (χ2v) is 5.72. The molecule has 4 atom stereocenters. The van der Waals surface area contributed by atoms with Crippen molar-refractivity contribution in [1.82, 2.24) is 14.5 Å². The molecule has 1 aliphatic heterocycles. The lowest BCUT2D eigenvalue weighted by Crippen LogP contribution is -2.44. The fourth-order valence-electron chi connectivity index (χ4n) is 3.37. The van der Waals surface area contributed by atoms with E-state index in [2.05, 4.69) is 16.5 Å². The third-order valence-electron chi connectivity index (χ3n) is 4.54. The van der Waals surface area contributed by atoms with Crippen molar-refractivity contribution in [3.8, 4) is 0 Å². The number of nitrogen functional groups attached to an aromatic ring is 1. The average molecular weight is 288 g/mol. The first-order valence-corrected chi connectivity index (χ1v) is 6.83. The zero-order chi connectivity index (χ0) is 14.8. The van der Waals surface area contributed by atoms with Crippen LogP contribution in [0.3, 0.4) is 0 Å². The first-order valence-electron chi connectivity index (χ1n) is 6.83. The largest absolute Gasteiger partial charge is 0.385 e. The fourth-order valence-corrected chi connectivity index (χ4v) is 3.37. The van der Waals surface area contributed by atoms with E-state index in [1.807, 2.05) is 0 Å². The summed E-state index contributed by atoms with van der Waals surface area (Å²) in [5.41, 5.74) is 5.91. The van der Waals surface area contributed by atoms with E-state index in [4.69, 9.17) is 10.5 Å². The highest BCUT2D eigenvalue weighted by Gasteiger charge is 2.59. The number of hydrogen-bond donors (Lipinski definition) is 3. The SMILES string of the molecule is C=C1CC[C@]2(O)C(O)[C@H](n3ccc4c(N)ncnc43)O[C@H]12. The molecule has 7 heteroatoms. The Kier molecular flexibility index (Phi) is 2.45. The monoisotopic (exact) mass is 288 g/mol. The number of aromatic nitrogens is 3. The van der Waals surface area contributed by atoms with Crippen molar-refractivity contribution < 1.29 is 14.9 Å². The molecule has 1 aliphatic carbocycles. The predicted octanol–water partition coefficient (Wildman–Crippen LogP) is 0.353. The Bertz CT molecular complexity index is 743. The molecule has 0 bridgehead atoms. The molecule has 0 radical (unpaired) electrons. The molecule has 0 amide bonds. The molecule has 1 saturated heterocycles. The van der Waals surface area contributed by atoms with Gasteiger partial charge in [0, 0.05) is 6.20 Å². The smallest absolute Gasteiger partial charge is 0.165 e. The van der Waals surface area contributed by atoms with Crippen molar-refractivity contribution in [2.24, 2.45) is 0 Å². The maximum Gasteiger partial charge on any atom is 0.165 e. The van der Waals surface area contributed by atoms with E-state index in [-0.39, 0.29) is 0 Å². The van der Waals surface area contributed by atoms with Crippen LogP contribution in [0.5, 0.6) is 0 Å². The Labute approximate surface area is 120 Å². The van der Waals surface area contributed by atoms with Gasteiger partial charge < -0.3 is 25.3 Å². The van der Waals surface area contributed by atoms with Gasteiger partial charge in [0.1, 0.15) is 35.6 Å². The quantitative estimate of drug-likeness (QED) is 0.654. The highest BCUT2D eigenvalue weighted by atomic mass is 16.6. The summed E-state index contributed by atoms with van der Waals surface area (Å²) in [6.45, 7) is 3.92. The molecule has 21 heavy (non-hydrogen) atoms. The Morgan fingerprint density at radius 2 is 2.29 bits per heavy atom. The second kappa shape index (κ2) is 4.03. The van der Waals surface area contributed by atoms with Crippen molar-refractivity contribution in [3.05, 3.63) is 30.7 Å². The van der Waals surface area contributed by atoms with E-state index in [1.54, 1.807) is 16.8 Å². The van der Waals surface area contributed by atoms with Crippen LogP contribution in [0.1, 0.15) is 19.1 Å². The Morgan fingerprint density at radius 3 is 3.05 bits per heavy atom. The minimum Gasteiger partial charge on any atom is -0.385 e. The summed E-state index contributed by atoms with van der Waals surface area (Å²) in [6.07, 6.45) is 1.89. The van der Waals surface area contributed by atoms with Crippen molar-refractivity contribution in [2.45, 2.75) is 36.9 Å². The van der Waals surface area contributed by atoms with Gasteiger partial charge in [0.15, 0.2) is 6.23 Å². The lowest BCUT2D eigenvalue weighted by molar-refractivity contribution is -0.0628. The van der Waals surface area contributed by atoms with Gasteiger partial charge in [-0.3, -0.25) is 0 Å². The third-order valence-corrected chi connectivity index (χ3v) is 4.54. The number of fused-ring (bicyclic) bond motifs is 2. The van der Waals surface area contributed by atoms with Crippen LogP contribution in [0, 0.1) is 0 Å². The van der Waals surface area contributed by atoms with Gasteiger partial charge in [0.05, 0.1) is 5.39 Å². The maximum absolute atomic E-state index is 10.7. The topological polar surface area (TPSA) is 106 Å². The second-order valence-electron chi connectivity index (χ2n) is 5.72. The van der Waals surface area contributed by atoms with Crippen LogP contribution in [0.25, 0.3) is 11.0 Å². The standard InChI is InChI=1S/C14H16N4O3/c1-7-2-4-14(20)9(19)13(21-10(7)14)18-5-3-8-11(15)16-6-17-12(8)18/h3,5-6,9-10,13,19-20H,1-2,4H2,(H2,15,16,17)/t9?,10-,13-,14+/m1/s1. The number of aliphatic hydroxyl groups is 2. The number of rotatable bonds is 1. The van der Waals surface area contributed by atoms with Gasteiger partial charge in [-0.15, -0.1) is 0 Å². The first kappa shape index (κ1) is 12.8. The molecule has 0 spiro atoms. The van der Waals surface area contributed by atoms with E-state index in [0.29, 0.717) is 29.7 Å². The molecule has 1 unspecified atom stereocenters. The fraction of sp³-hybridized carbons (Fsp3) is 0.429. The van der Waals surface area contributed by atoms with Crippen LogP contribution >= 0.6 is 0 Å². The summed E-state index contributed by atoms with van der Waals surface area (Å²) in [5, 5.41) is 21.9. The average Bonchev–Trinajstić information content (AvgIpc) is 3.07. The molecular formula is C14H16N4O3. The minimum atomic E-state index is -1.28. The molecule has 2 aliphatic rings. The van der Waals surface area contributed by atoms with E-state index in [1.165, 1.54) is 6.33 Å². The summed E-state index contributed by atoms with van der Waals surface area (Å²) >= 11 is 0. The molecule has 2 aromatic rings. The number of nitrogens with zero attached hydrogens (tertiary/aromatic N) is 3. The van der Waals surface area contributed by atoms with Gasteiger partial charge in [-0.2, -0.15) is 0 Å². The first-order chi connectivity index (χ1) is 10.0. The van der Waals surface area contributed by atoms with Gasteiger partial charge >= 0.3 is 0 Å². The predicted molar refractivity (Wildman–Crippen MR) is 75.2 cm³/mol. The molecule has 2 aromatic heterocycles. The van der Waals surface area contributed by atoms with Crippen molar-refractivity contribution in [3.63, 3.8) is 0 Å². The lowest BCUT2D eigenvalue weighted by atomic mass is 9.94. The molecule has 3 heterocycles. The molecule has 110 valence electrons. The Hall–Kier alpha value is -1.96. The zero-order valence-corrected chi connectivity index (χ0v) is 11.3. The Morgan fingerprint density at radius 1 is 1.48 bits per heavy atom. The summed E-state index contributed by atoms with van der Waals surface area (Å²) in [5.74, 6) is 0.370. The van der Waals surface area contributed by atoms with E-state index < -0.39 is 24.0 Å². The van der Waals surface area contributed by atoms with E-state index in [0.717, 1.165) is 5.57 Å². The number of aliphatic hydroxyl groups excluding tert-OH is 1. The third kappa shape index (κ3) is 1.53. The molecule has 7 nitrogen and oxygen atoms in total. The highest BCUT2D eigenvalue weighted by Crippen LogP contribution is 2.49. The molecule has 4 rings (SSSR count). The Balaban J connectivity index is 1.80. The normalized spacial score (nSPS) is 35.5. The number of hydrogen-bond acceptors (Lipinski definition) is 6. The molecule has 0 aromatic carbocycles. The summed E-state index contributed by atoms with van der Waals surface area (Å²) in [7, 11) is 0. The van der Waals surface area contributed by atoms with Crippen molar-refractivity contribution in [1.29, 1.82) is 0 Å². The van der Waals surface area contributed by atoms with Gasteiger partial charge in [0.2, 0.25) is 0 Å². The summed E-state index contributed by atoms with van der Waals surface area (Å²) in [4.78, 5) is 8.13. The van der Waals surface area contributed by atoms with Gasteiger partial charge in [0.25, 0.3) is 0 Å². The molecule has 4 N–H and O–H groups in total. The molecular weight excluding hydrogens is 272 g/mol. The van der Waals surface area contributed by atoms with Crippen LogP contribution < -0.4 is 5.73 Å². The van der Waals surface area contributed by atoms with Gasteiger partial charge in [-0.25, -0.2) is 9.97 Å². The summed E-state index contributed by atoms with van der Waals surface area (Å²) in [6, 6.07) is 1.77. The lowest BCUT2D eigenvalue weighted by Gasteiger charge is -2.25. The van der Waals surface area contributed by atoms with Crippen molar-refractivity contribution in [2.75, 3.05) is 5.73 Å². The van der Waals surface area contributed by atoms with Crippen LogP contribution in [0.15, 0.2) is 30.7 Å². The number of ether oxygens (including phenoxy) is 1. The van der Waals surface area contributed by atoms with Crippen LogP contribution in [-0.2, 0) is 4.74 Å². The van der Waals surface area contributed by atoms with Crippen LogP contribution in [-0.4, -0.2) is 42.6 Å². The van der Waals surface area contributed by atoms with E-state index >= 15 is 0 Å². The number of anilines is 1. The van der Waals surface area contributed by atoms with Crippen LogP contribution in [0.2, 0.25) is 0 Å². The molecule has 1 saturated carbocycles. The number of nitrogens with two attached hydrogens (primary N) is 1.